The van der Waals surface area contributed by atoms with Crippen molar-refractivity contribution in [3.63, 3.8) is 0 Å². The highest BCUT2D eigenvalue weighted by atomic mass is 35.5. The van der Waals surface area contributed by atoms with Crippen LogP contribution >= 0.6 is 12.4 Å². The van der Waals surface area contributed by atoms with Crippen molar-refractivity contribution in [1.82, 2.24) is 15.2 Å². The van der Waals surface area contributed by atoms with Gasteiger partial charge in [0, 0.05) is 36.6 Å². The number of piperidine rings is 1. The number of amides is 2. The van der Waals surface area contributed by atoms with E-state index in [2.05, 4.69) is 34.6 Å². The highest BCUT2D eigenvalue weighted by Gasteiger charge is 2.33. The number of benzene rings is 2. The van der Waals surface area contributed by atoms with Crippen LogP contribution in [-0.2, 0) is 16.0 Å². The van der Waals surface area contributed by atoms with Crippen molar-refractivity contribution in [1.29, 1.82) is 0 Å². The molecule has 0 unspecified atom stereocenters. The van der Waals surface area contributed by atoms with E-state index in [1.54, 1.807) is 13.8 Å². The second-order valence-electron chi connectivity index (χ2n) is 9.32. The number of carbonyl (C=O) groups excluding carboxylic acids is 2. The van der Waals surface area contributed by atoms with Gasteiger partial charge in [0.2, 0.25) is 11.8 Å². The number of H-pyrrole nitrogens is 1. The molecule has 4 rings (SSSR count). The van der Waals surface area contributed by atoms with Crippen LogP contribution in [0.4, 0.5) is 0 Å². The first-order valence-electron chi connectivity index (χ1n) is 11.3. The molecule has 0 radical (unpaired) electrons. The Labute approximate surface area is 201 Å². The molecule has 2 amide bonds. The minimum absolute atomic E-state index is 0. The number of aromatic amines is 1. The number of fused-ring (bicyclic) bond motifs is 1. The van der Waals surface area contributed by atoms with Gasteiger partial charge in [-0.25, -0.2) is 0 Å². The van der Waals surface area contributed by atoms with Gasteiger partial charge in [0.1, 0.15) is 6.04 Å². The fraction of sp³-hybridized carbons (Fsp3) is 0.385. The lowest BCUT2D eigenvalue weighted by atomic mass is 9.89. The van der Waals surface area contributed by atoms with E-state index in [1.807, 2.05) is 41.4 Å². The van der Waals surface area contributed by atoms with Gasteiger partial charge in [-0.2, -0.15) is 0 Å². The fourth-order valence-corrected chi connectivity index (χ4v) is 4.44. The predicted octanol–water partition coefficient (Wildman–Crippen LogP) is 3.76. The van der Waals surface area contributed by atoms with E-state index in [4.69, 9.17) is 5.73 Å². The standard InChI is InChI=1S/C26H32N4O2.ClH/c1-26(2,27)25(32)29-23(16-20-17-28-22-11-7-6-10-21(20)22)24(31)30-14-12-19(13-15-30)18-8-4-3-5-9-18;/h3-11,17,19,23,28H,12-16,27H2,1-2H3,(H,29,32);1H/t23-;/m1./s1. The number of nitrogens with zero attached hydrogens (tertiary/aromatic N) is 1. The number of para-hydroxylation sites is 1. The van der Waals surface area contributed by atoms with E-state index >= 15 is 0 Å². The summed E-state index contributed by atoms with van der Waals surface area (Å²) in [5.41, 5.74) is 8.30. The first kappa shape index (κ1) is 24.8. The minimum atomic E-state index is -1.06. The van der Waals surface area contributed by atoms with Gasteiger partial charge in [-0.1, -0.05) is 48.5 Å². The fourth-order valence-electron chi connectivity index (χ4n) is 4.44. The molecule has 33 heavy (non-hydrogen) atoms. The minimum Gasteiger partial charge on any atom is -0.361 e. The molecule has 3 aromatic rings. The van der Waals surface area contributed by atoms with E-state index in [-0.39, 0.29) is 24.2 Å². The van der Waals surface area contributed by atoms with Gasteiger partial charge in [-0.05, 0) is 49.8 Å². The van der Waals surface area contributed by atoms with Crippen LogP contribution in [0.2, 0.25) is 0 Å². The van der Waals surface area contributed by atoms with Crippen molar-refractivity contribution in [2.45, 2.75) is 50.6 Å². The summed E-state index contributed by atoms with van der Waals surface area (Å²) in [5, 5.41) is 4.00. The van der Waals surface area contributed by atoms with Crippen LogP contribution < -0.4 is 11.1 Å². The second-order valence-corrected chi connectivity index (χ2v) is 9.32. The van der Waals surface area contributed by atoms with Gasteiger partial charge in [0.15, 0.2) is 0 Å². The zero-order chi connectivity index (χ0) is 22.7. The van der Waals surface area contributed by atoms with Crippen molar-refractivity contribution in [3.05, 3.63) is 71.9 Å². The lowest BCUT2D eigenvalue weighted by Gasteiger charge is -2.35. The number of rotatable bonds is 6. The van der Waals surface area contributed by atoms with E-state index in [0.717, 1.165) is 29.3 Å². The molecule has 2 heterocycles. The highest BCUT2D eigenvalue weighted by Crippen LogP contribution is 2.28. The third-order valence-corrected chi connectivity index (χ3v) is 6.37. The molecule has 1 fully saturated rings. The van der Waals surface area contributed by atoms with E-state index in [9.17, 15) is 9.59 Å². The Morgan fingerprint density at radius 2 is 1.73 bits per heavy atom. The van der Waals surface area contributed by atoms with Crippen molar-refractivity contribution in [3.8, 4) is 0 Å². The number of hydrogen-bond acceptors (Lipinski definition) is 3. The van der Waals surface area contributed by atoms with Crippen LogP contribution in [0.1, 0.15) is 43.7 Å². The molecular formula is C26H33ClN4O2. The first-order valence-corrected chi connectivity index (χ1v) is 11.3. The van der Waals surface area contributed by atoms with Gasteiger partial charge in [0.05, 0.1) is 5.54 Å². The van der Waals surface area contributed by atoms with Crippen LogP contribution in [0.25, 0.3) is 10.9 Å². The third-order valence-electron chi connectivity index (χ3n) is 6.37. The Morgan fingerprint density at radius 1 is 1.09 bits per heavy atom. The maximum atomic E-state index is 13.5. The molecule has 4 N–H and O–H groups in total. The second kappa shape index (κ2) is 10.4. The molecule has 7 heteroatoms. The first-order chi connectivity index (χ1) is 15.3. The molecule has 1 aliphatic rings. The van der Waals surface area contributed by atoms with Crippen molar-refractivity contribution in [2.75, 3.05) is 13.1 Å². The third kappa shape index (κ3) is 5.75. The number of halogens is 1. The predicted molar refractivity (Wildman–Crippen MR) is 134 cm³/mol. The Bertz CT molecular complexity index is 1080. The van der Waals surface area contributed by atoms with Gasteiger partial charge in [-0.15, -0.1) is 12.4 Å². The molecule has 176 valence electrons. The number of likely N-dealkylation sites (tertiary alicyclic amines) is 1. The average Bonchev–Trinajstić information content (AvgIpc) is 3.21. The van der Waals surface area contributed by atoms with Crippen LogP contribution in [0.3, 0.4) is 0 Å². The lowest BCUT2D eigenvalue weighted by Crippen LogP contribution is -2.57. The molecule has 1 saturated heterocycles. The van der Waals surface area contributed by atoms with E-state index in [0.29, 0.717) is 25.4 Å². The molecule has 0 aliphatic carbocycles. The maximum Gasteiger partial charge on any atom is 0.245 e. The Morgan fingerprint density at radius 3 is 2.39 bits per heavy atom. The van der Waals surface area contributed by atoms with E-state index < -0.39 is 11.6 Å². The molecule has 0 bridgehead atoms. The smallest absolute Gasteiger partial charge is 0.245 e. The SMILES string of the molecule is CC(C)(N)C(=O)N[C@H](Cc1c[nH]c2ccccc12)C(=O)N1CCC(c2ccccc2)CC1.Cl. The summed E-state index contributed by atoms with van der Waals surface area (Å²) in [5.74, 6) is 0.0964. The topological polar surface area (TPSA) is 91.2 Å². The molecule has 1 aliphatic heterocycles. The zero-order valence-electron chi connectivity index (χ0n) is 19.2. The van der Waals surface area contributed by atoms with Crippen LogP contribution in [-0.4, -0.2) is 46.4 Å². The van der Waals surface area contributed by atoms with E-state index in [1.165, 1.54) is 5.56 Å². The molecule has 2 aromatic carbocycles. The monoisotopic (exact) mass is 468 g/mol. The quantitative estimate of drug-likeness (QED) is 0.514. The van der Waals surface area contributed by atoms with Gasteiger partial charge in [-0.3, -0.25) is 9.59 Å². The summed E-state index contributed by atoms with van der Waals surface area (Å²) in [7, 11) is 0. The summed E-state index contributed by atoms with van der Waals surface area (Å²) < 4.78 is 0. The van der Waals surface area contributed by atoms with Crippen molar-refractivity contribution >= 4 is 35.1 Å². The van der Waals surface area contributed by atoms with Gasteiger partial charge in [0.25, 0.3) is 0 Å². The Balaban J connectivity index is 0.00000306. The molecule has 0 saturated carbocycles. The van der Waals surface area contributed by atoms with Crippen molar-refractivity contribution < 1.29 is 9.59 Å². The Hall–Kier alpha value is -2.83. The van der Waals surface area contributed by atoms with Gasteiger partial charge >= 0.3 is 0 Å². The Kier molecular flexibility index (Phi) is 7.82. The normalized spacial score (nSPS) is 15.7. The zero-order valence-corrected chi connectivity index (χ0v) is 20.0. The summed E-state index contributed by atoms with van der Waals surface area (Å²) in [6.07, 6.45) is 4.19. The highest BCUT2D eigenvalue weighted by molar-refractivity contribution is 5.92. The summed E-state index contributed by atoms with van der Waals surface area (Å²) in [6, 6.07) is 17.8. The summed E-state index contributed by atoms with van der Waals surface area (Å²) in [4.78, 5) is 31.4. The lowest BCUT2D eigenvalue weighted by molar-refractivity contribution is -0.138. The molecule has 0 spiro atoms. The molecule has 1 atom stereocenters. The average molecular weight is 469 g/mol. The number of carbonyl (C=O) groups is 2. The number of hydrogen-bond donors (Lipinski definition) is 3. The number of nitrogens with two attached hydrogens (primary N) is 1. The summed E-state index contributed by atoms with van der Waals surface area (Å²) >= 11 is 0. The number of aromatic nitrogens is 1. The van der Waals surface area contributed by atoms with Crippen LogP contribution in [0.5, 0.6) is 0 Å². The number of nitrogens with one attached hydrogen (secondary N) is 2. The largest absolute Gasteiger partial charge is 0.361 e. The van der Waals surface area contributed by atoms with Crippen molar-refractivity contribution in [2.24, 2.45) is 5.73 Å². The summed E-state index contributed by atoms with van der Waals surface area (Å²) in [6.45, 7) is 4.68. The van der Waals surface area contributed by atoms with Gasteiger partial charge < -0.3 is 20.9 Å². The maximum absolute atomic E-state index is 13.5. The van der Waals surface area contributed by atoms with Crippen LogP contribution in [0.15, 0.2) is 60.8 Å². The molecule has 6 nitrogen and oxygen atoms in total. The van der Waals surface area contributed by atoms with Crippen LogP contribution in [0, 0.1) is 0 Å². The molecule has 1 aromatic heterocycles. The molecular weight excluding hydrogens is 436 g/mol.